The lowest BCUT2D eigenvalue weighted by atomic mass is 10.2. The van der Waals surface area contributed by atoms with Crippen molar-refractivity contribution in [1.29, 1.82) is 0 Å². The van der Waals surface area contributed by atoms with Crippen molar-refractivity contribution in [1.82, 2.24) is 30.1 Å². The molecule has 3 heterocycles. The zero-order valence-electron chi connectivity index (χ0n) is 16.9. The van der Waals surface area contributed by atoms with Crippen LogP contribution in [-0.4, -0.2) is 69.4 Å². The number of nitrogens with zero attached hydrogens (tertiary/aromatic N) is 7. The summed E-state index contributed by atoms with van der Waals surface area (Å²) < 4.78 is 6.96. The van der Waals surface area contributed by atoms with Gasteiger partial charge in [0.15, 0.2) is 11.8 Å². The summed E-state index contributed by atoms with van der Waals surface area (Å²) in [6, 6.07) is 0. The third kappa shape index (κ3) is 4.68. The molecule has 1 fully saturated rings. The minimum Gasteiger partial charge on any atom is -0.357 e. The summed E-state index contributed by atoms with van der Waals surface area (Å²) in [6.45, 7) is 8.87. The highest BCUT2D eigenvalue weighted by atomic mass is 16.5. The smallest absolute Gasteiger partial charge is 0.246 e. The second kappa shape index (κ2) is 8.85. The highest BCUT2D eigenvalue weighted by Crippen LogP contribution is 2.16. The average Bonchev–Trinajstić information content (AvgIpc) is 3.30. The van der Waals surface area contributed by atoms with Crippen LogP contribution in [0.15, 0.2) is 21.9 Å². The number of anilines is 1. The third-order valence-corrected chi connectivity index (χ3v) is 4.45. The van der Waals surface area contributed by atoms with Crippen molar-refractivity contribution in [2.24, 2.45) is 12.0 Å². The fraction of sp³-hybridized carbons (Fsp3) is 0.611. The zero-order chi connectivity index (χ0) is 20.1. The topological polar surface area (TPSA) is 105 Å². The van der Waals surface area contributed by atoms with E-state index in [9.17, 15) is 4.79 Å². The van der Waals surface area contributed by atoms with Crippen LogP contribution in [0.25, 0.3) is 0 Å². The second-order valence-corrected chi connectivity index (χ2v) is 7.03. The van der Waals surface area contributed by atoms with Gasteiger partial charge in [-0.3, -0.25) is 14.5 Å². The van der Waals surface area contributed by atoms with Crippen molar-refractivity contribution in [3.8, 4) is 0 Å². The van der Waals surface area contributed by atoms with E-state index in [2.05, 4.69) is 25.5 Å². The van der Waals surface area contributed by atoms with E-state index in [0.717, 1.165) is 18.2 Å². The summed E-state index contributed by atoms with van der Waals surface area (Å²) in [5, 5.41) is 11.4. The van der Waals surface area contributed by atoms with E-state index in [1.54, 1.807) is 15.8 Å². The number of aryl methyl sites for hydroxylation is 1. The number of carbonyl (C=O) groups is 1. The molecule has 0 spiro atoms. The molecule has 0 unspecified atom stereocenters. The fourth-order valence-electron chi connectivity index (χ4n) is 2.96. The van der Waals surface area contributed by atoms with Crippen LogP contribution in [0.5, 0.6) is 0 Å². The molecule has 152 valence electrons. The molecule has 0 saturated carbocycles. The Bertz CT molecular complexity index is 825. The van der Waals surface area contributed by atoms with E-state index in [-0.39, 0.29) is 18.4 Å². The number of hydrogen-bond acceptors (Lipinski definition) is 6. The summed E-state index contributed by atoms with van der Waals surface area (Å²) in [4.78, 5) is 25.4. The first kappa shape index (κ1) is 19.8. The molecular formula is C18H28N8O2. The number of guanidine groups is 1. The van der Waals surface area contributed by atoms with Crippen LogP contribution in [0.1, 0.15) is 38.4 Å². The van der Waals surface area contributed by atoms with Crippen molar-refractivity contribution < 1.29 is 9.32 Å². The first-order chi connectivity index (χ1) is 13.5. The number of piperazine rings is 1. The van der Waals surface area contributed by atoms with Gasteiger partial charge in [-0.05, 0) is 6.92 Å². The lowest BCUT2D eigenvalue weighted by molar-refractivity contribution is -0.120. The van der Waals surface area contributed by atoms with Crippen molar-refractivity contribution >= 4 is 17.6 Å². The summed E-state index contributed by atoms with van der Waals surface area (Å²) in [6.07, 6.45) is 4.13. The minimum absolute atomic E-state index is 0.0309. The molecule has 1 aliphatic rings. The number of carbonyl (C=O) groups excluding carboxylic acids is 1. The molecule has 0 aliphatic carbocycles. The Balaban J connectivity index is 1.60. The Morgan fingerprint density at radius 1 is 1.39 bits per heavy atom. The van der Waals surface area contributed by atoms with Gasteiger partial charge in [-0.2, -0.15) is 10.1 Å². The summed E-state index contributed by atoms with van der Waals surface area (Å²) in [5.41, 5.74) is 0.825. The van der Waals surface area contributed by atoms with Crippen molar-refractivity contribution in [3.05, 3.63) is 24.1 Å². The summed E-state index contributed by atoms with van der Waals surface area (Å²) in [7, 11) is 1.84. The minimum atomic E-state index is 0.0309. The van der Waals surface area contributed by atoms with E-state index in [0.29, 0.717) is 37.8 Å². The molecule has 0 atom stereocenters. The first-order valence-corrected chi connectivity index (χ1v) is 9.62. The van der Waals surface area contributed by atoms with Gasteiger partial charge in [0.1, 0.15) is 6.54 Å². The number of aromatic nitrogens is 4. The predicted molar refractivity (Wildman–Crippen MR) is 105 cm³/mol. The summed E-state index contributed by atoms with van der Waals surface area (Å²) >= 11 is 0. The highest BCUT2D eigenvalue weighted by Gasteiger charge is 2.27. The molecule has 10 heteroatoms. The van der Waals surface area contributed by atoms with Gasteiger partial charge >= 0.3 is 0 Å². The van der Waals surface area contributed by atoms with Gasteiger partial charge in [0.2, 0.25) is 11.8 Å². The number of aliphatic imine (C=N–C) groups is 1. The quantitative estimate of drug-likeness (QED) is 0.576. The normalized spacial score (nSPS) is 15.6. The Morgan fingerprint density at radius 2 is 2.21 bits per heavy atom. The van der Waals surface area contributed by atoms with Crippen LogP contribution < -0.4 is 10.2 Å². The average molecular weight is 388 g/mol. The molecule has 0 bridgehead atoms. The van der Waals surface area contributed by atoms with E-state index in [1.165, 1.54) is 0 Å². The molecule has 1 amide bonds. The van der Waals surface area contributed by atoms with Crippen LogP contribution in [0.4, 0.5) is 5.69 Å². The van der Waals surface area contributed by atoms with Gasteiger partial charge in [0.25, 0.3) is 0 Å². The molecular weight excluding hydrogens is 360 g/mol. The van der Waals surface area contributed by atoms with E-state index >= 15 is 0 Å². The van der Waals surface area contributed by atoms with E-state index < -0.39 is 0 Å². The standard InChI is InChI=1S/C18H28N8O2/c1-5-19-18(20-7-6-15-22-17(13(2)3)23-28-15)25-8-9-26(16(27)12-25)14-10-21-24(4)11-14/h10-11,13H,5-9,12H2,1-4H3,(H,19,20). The molecule has 3 rings (SSSR count). The van der Waals surface area contributed by atoms with Gasteiger partial charge in [-0.1, -0.05) is 19.0 Å². The molecule has 1 saturated heterocycles. The van der Waals surface area contributed by atoms with Crippen molar-refractivity contribution in [2.45, 2.75) is 33.1 Å². The van der Waals surface area contributed by atoms with Gasteiger partial charge in [-0.15, -0.1) is 0 Å². The van der Waals surface area contributed by atoms with Gasteiger partial charge in [-0.25, -0.2) is 0 Å². The summed E-state index contributed by atoms with van der Waals surface area (Å²) in [5.74, 6) is 2.29. The van der Waals surface area contributed by atoms with Crippen LogP contribution >= 0.6 is 0 Å². The molecule has 1 aliphatic heterocycles. The van der Waals surface area contributed by atoms with Gasteiger partial charge in [0.05, 0.1) is 18.4 Å². The third-order valence-electron chi connectivity index (χ3n) is 4.45. The Hall–Kier alpha value is -2.91. The van der Waals surface area contributed by atoms with E-state index in [4.69, 9.17) is 4.52 Å². The SMILES string of the molecule is CCNC(=NCCc1nc(C(C)C)no1)N1CCN(c2cnn(C)c2)C(=O)C1. The second-order valence-electron chi connectivity index (χ2n) is 7.03. The van der Waals surface area contributed by atoms with Crippen LogP contribution in [0.2, 0.25) is 0 Å². The Kier molecular flexibility index (Phi) is 6.27. The van der Waals surface area contributed by atoms with Crippen molar-refractivity contribution in [3.63, 3.8) is 0 Å². The maximum Gasteiger partial charge on any atom is 0.246 e. The maximum atomic E-state index is 12.6. The molecule has 1 N–H and O–H groups in total. The monoisotopic (exact) mass is 388 g/mol. The lowest BCUT2D eigenvalue weighted by Gasteiger charge is -2.35. The van der Waals surface area contributed by atoms with Gasteiger partial charge < -0.3 is 19.6 Å². The molecule has 0 aromatic carbocycles. The van der Waals surface area contributed by atoms with Crippen LogP contribution in [0.3, 0.4) is 0 Å². The largest absolute Gasteiger partial charge is 0.357 e. The molecule has 28 heavy (non-hydrogen) atoms. The molecule has 10 nitrogen and oxygen atoms in total. The number of hydrogen-bond donors (Lipinski definition) is 1. The predicted octanol–water partition coefficient (Wildman–Crippen LogP) is 0.783. The molecule has 2 aromatic rings. The zero-order valence-corrected chi connectivity index (χ0v) is 16.9. The number of amides is 1. The molecule has 0 radical (unpaired) electrons. The number of nitrogens with one attached hydrogen (secondary N) is 1. The van der Waals surface area contributed by atoms with Crippen LogP contribution in [-0.2, 0) is 18.3 Å². The molecule has 2 aromatic heterocycles. The number of rotatable bonds is 6. The maximum absolute atomic E-state index is 12.6. The Morgan fingerprint density at radius 3 is 2.82 bits per heavy atom. The van der Waals surface area contributed by atoms with E-state index in [1.807, 2.05) is 38.9 Å². The van der Waals surface area contributed by atoms with Crippen LogP contribution in [0, 0.1) is 0 Å². The first-order valence-electron chi connectivity index (χ1n) is 9.62. The van der Waals surface area contributed by atoms with Gasteiger partial charge in [0, 0.05) is 45.2 Å². The van der Waals surface area contributed by atoms with Crippen molar-refractivity contribution in [2.75, 3.05) is 37.6 Å². The lowest BCUT2D eigenvalue weighted by Crippen LogP contribution is -2.55. The highest BCUT2D eigenvalue weighted by molar-refractivity contribution is 5.98. The fourth-order valence-corrected chi connectivity index (χ4v) is 2.96. The Labute approximate surface area is 164 Å².